The molecular weight excluding hydrogens is 412 g/mol. The van der Waals surface area contributed by atoms with Crippen molar-refractivity contribution in [2.24, 2.45) is 0 Å². The number of aromatic nitrogens is 1. The first-order chi connectivity index (χ1) is 16.0. The molecule has 1 saturated heterocycles. The van der Waals surface area contributed by atoms with Gasteiger partial charge in [-0.25, -0.2) is 0 Å². The van der Waals surface area contributed by atoms with Crippen LogP contribution in [0.2, 0.25) is 0 Å². The minimum atomic E-state index is 0.0142. The number of benzene rings is 2. The highest BCUT2D eigenvalue weighted by Gasteiger charge is 2.16. The van der Waals surface area contributed by atoms with Gasteiger partial charge in [0.1, 0.15) is 5.75 Å². The lowest BCUT2D eigenvalue weighted by Crippen LogP contribution is -2.48. The van der Waals surface area contributed by atoms with Gasteiger partial charge in [0.15, 0.2) is 0 Å². The Balaban J connectivity index is 1.35. The molecule has 0 spiro atoms. The lowest BCUT2D eigenvalue weighted by atomic mass is 10.1. The molecule has 1 N–H and O–H groups in total. The van der Waals surface area contributed by atoms with Crippen LogP contribution in [0.3, 0.4) is 0 Å². The van der Waals surface area contributed by atoms with Crippen molar-refractivity contribution in [1.82, 2.24) is 15.2 Å². The van der Waals surface area contributed by atoms with Gasteiger partial charge in [-0.05, 0) is 48.4 Å². The van der Waals surface area contributed by atoms with Crippen LogP contribution < -0.4 is 15.0 Å². The summed E-state index contributed by atoms with van der Waals surface area (Å²) >= 11 is 0. The fourth-order valence-corrected chi connectivity index (χ4v) is 4.16. The first kappa shape index (κ1) is 23.0. The van der Waals surface area contributed by atoms with Crippen LogP contribution in [0.25, 0.3) is 11.1 Å². The van der Waals surface area contributed by atoms with Gasteiger partial charge in [0.25, 0.3) is 0 Å². The molecule has 1 fully saturated rings. The quantitative estimate of drug-likeness (QED) is 0.601. The van der Waals surface area contributed by atoms with E-state index in [1.807, 2.05) is 61.8 Å². The molecule has 6 nitrogen and oxygen atoms in total. The number of carbonyl (C=O) groups excluding carboxylic acids is 1. The number of hydrogen-bond donors (Lipinski definition) is 1. The van der Waals surface area contributed by atoms with Crippen LogP contribution in [0.15, 0.2) is 66.9 Å². The fraction of sp³-hybridized carbons (Fsp3) is 0.333. The summed E-state index contributed by atoms with van der Waals surface area (Å²) in [7, 11) is 3.48. The number of hydrogen-bond acceptors (Lipinski definition) is 5. The Hall–Kier alpha value is -3.22. The van der Waals surface area contributed by atoms with Crippen LogP contribution in [-0.4, -0.2) is 55.6 Å². The van der Waals surface area contributed by atoms with Crippen LogP contribution in [0.1, 0.15) is 18.2 Å². The van der Waals surface area contributed by atoms with E-state index in [0.29, 0.717) is 6.04 Å². The maximum absolute atomic E-state index is 12.8. The third-order valence-electron chi connectivity index (χ3n) is 6.12. The van der Waals surface area contributed by atoms with Crippen molar-refractivity contribution < 1.29 is 9.53 Å². The van der Waals surface area contributed by atoms with Gasteiger partial charge in [0.2, 0.25) is 5.91 Å². The van der Waals surface area contributed by atoms with Gasteiger partial charge in [-0.1, -0.05) is 30.3 Å². The van der Waals surface area contributed by atoms with Gasteiger partial charge in [-0.15, -0.1) is 0 Å². The number of amides is 1. The molecule has 1 aromatic heterocycles. The molecule has 1 aliphatic heterocycles. The number of pyridine rings is 1. The van der Waals surface area contributed by atoms with Gasteiger partial charge in [-0.3, -0.25) is 14.7 Å². The molecule has 0 unspecified atom stereocenters. The van der Waals surface area contributed by atoms with Crippen molar-refractivity contribution in [2.75, 3.05) is 38.7 Å². The third-order valence-corrected chi connectivity index (χ3v) is 6.12. The van der Waals surface area contributed by atoms with E-state index in [9.17, 15) is 4.79 Å². The number of anilines is 1. The number of nitrogens with zero attached hydrogens (tertiary/aromatic N) is 3. The SMILES string of the molecule is COc1cccc(-c2ccc(CC(=O)N(C)c3ccc(CN4CCN[C@@H](C)C4)cc3)nc2)c1. The summed E-state index contributed by atoms with van der Waals surface area (Å²) in [6, 6.07) is 20.6. The van der Waals surface area contributed by atoms with Crippen molar-refractivity contribution in [2.45, 2.75) is 25.9 Å². The highest BCUT2D eigenvalue weighted by molar-refractivity contribution is 5.94. The number of ether oxygens (including phenoxy) is 1. The summed E-state index contributed by atoms with van der Waals surface area (Å²) in [6.45, 7) is 6.31. The van der Waals surface area contributed by atoms with Crippen LogP contribution in [-0.2, 0) is 17.8 Å². The van der Waals surface area contributed by atoms with E-state index in [1.54, 1.807) is 12.0 Å². The number of rotatable bonds is 7. The average Bonchev–Trinajstić information content (AvgIpc) is 2.84. The van der Waals surface area contributed by atoms with Gasteiger partial charge < -0.3 is 15.0 Å². The summed E-state index contributed by atoms with van der Waals surface area (Å²) in [5.74, 6) is 0.821. The zero-order valence-corrected chi connectivity index (χ0v) is 19.6. The molecule has 1 atom stereocenters. The maximum atomic E-state index is 12.8. The summed E-state index contributed by atoms with van der Waals surface area (Å²) in [5.41, 5.74) is 4.94. The number of nitrogens with one attached hydrogen (secondary N) is 1. The van der Waals surface area contributed by atoms with Crippen LogP contribution in [0.4, 0.5) is 5.69 Å². The predicted octanol–water partition coefficient (Wildman–Crippen LogP) is 3.76. The van der Waals surface area contributed by atoms with Crippen molar-refractivity contribution in [3.63, 3.8) is 0 Å². The minimum Gasteiger partial charge on any atom is -0.497 e. The lowest BCUT2D eigenvalue weighted by molar-refractivity contribution is -0.117. The zero-order chi connectivity index (χ0) is 23.2. The Morgan fingerprint density at radius 1 is 1.15 bits per heavy atom. The maximum Gasteiger partial charge on any atom is 0.232 e. The first-order valence-electron chi connectivity index (χ1n) is 11.4. The second kappa shape index (κ2) is 10.6. The van der Waals surface area contributed by atoms with Crippen LogP contribution in [0.5, 0.6) is 5.75 Å². The molecular formula is C27H32N4O2. The summed E-state index contributed by atoms with van der Waals surface area (Å²) in [4.78, 5) is 21.5. The molecule has 3 aromatic rings. The van der Waals surface area contributed by atoms with Crippen molar-refractivity contribution in [1.29, 1.82) is 0 Å². The van der Waals surface area contributed by atoms with Crippen molar-refractivity contribution in [3.8, 4) is 16.9 Å². The molecule has 2 aromatic carbocycles. The van der Waals surface area contributed by atoms with Crippen LogP contribution >= 0.6 is 0 Å². The fourth-order valence-electron chi connectivity index (χ4n) is 4.16. The molecule has 2 heterocycles. The van der Waals surface area contributed by atoms with E-state index in [-0.39, 0.29) is 12.3 Å². The monoisotopic (exact) mass is 444 g/mol. The largest absolute Gasteiger partial charge is 0.497 e. The predicted molar refractivity (Wildman–Crippen MR) is 133 cm³/mol. The van der Waals surface area contributed by atoms with Gasteiger partial charge in [0.05, 0.1) is 13.5 Å². The smallest absolute Gasteiger partial charge is 0.232 e. The van der Waals surface area contributed by atoms with Crippen molar-refractivity contribution in [3.05, 3.63) is 78.1 Å². The van der Waals surface area contributed by atoms with Gasteiger partial charge in [0, 0.05) is 62.4 Å². The Morgan fingerprint density at radius 2 is 1.97 bits per heavy atom. The van der Waals surface area contributed by atoms with E-state index in [2.05, 4.69) is 34.3 Å². The van der Waals surface area contributed by atoms with Crippen LogP contribution in [0, 0.1) is 0 Å². The number of carbonyl (C=O) groups is 1. The molecule has 172 valence electrons. The number of likely N-dealkylation sites (N-methyl/N-ethyl adjacent to an activating group) is 1. The molecule has 0 bridgehead atoms. The zero-order valence-electron chi connectivity index (χ0n) is 19.6. The Morgan fingerprint density at radius 3 is 2.67 bits per heavy atom. The Bertz CT molecular complexity index is 1070. The highest BCUT2D eigenvalue weighted by atomic mass is 16.5. The Kier molecular flexibility index (Phi) is 7.37. The van der Waals surface area contributed by atoms with E-state index in [1.165, 1.54) is 5.56 Å². The average molecular weight is 445 g/mol. The highest BCUT2D eigenvalue weighted by Crippen LogP contribution is 2.23. The van der Waals surface area contributed by atoms with E-state index in [4.69, 9.17) is 4.74 Å². The summed E-state index contributed by atoms with van der Waals surface area (Å²) in [5, 5.41) is 3.47. The van der Waals surface area contributed by atoms with Gasteiger partial charge in [-0.2, -0.15) is 0 Å². The second-order valence-electron chi connectivity index (χ2n) is 8.66. The normalized spacial score (nSPS) is 16.4. The van der Waals surface area contributed by atoms with E-state index in [0.717, 1.165) is 54.4 Å². The topological polar surface area (TPSA) is 57.7 Å². The molecule has 33 heavy (non-hydrogen) atoms. The first-order valence-corrected chi connectivity index (χ1v) is 11.4. The molecule has 0 radical (unpaired) electrons. The van der Waals surface area contributed by atoms with Crippen molar-refractivity contribution >= 4 is 11.6 Å². The number of methoxy groups -OCH3 is 1. The van der Waals surface area contributed by atoms with Gasteiger partial charge >= 0.3 is 0 Å². The third kappa shape index (κ3) is 5.97. The molecule has 0 saturated carbocycles. The Labute approximate surface area is 196 Å². The molecule has 1 aliphatic rings. The second-order valence-corrected chi connectivity index (χ2v) is 8.66. The van der Waals surface area contributed by atoms with E-state index >= 15 is 0 Å². The standard InChI is InChI=1S/C27H32N4O2/c1-20-18-31(14-13-28-20)19-21-7-11-25(12-8-21)30(2)27(32)16-24-10-9-23(17-29-24)22-5-4-6-26(15-22)33-3/h4-12,15,17,20,28H,13-14,16,18-19H2,1-3H3/t20-/m0/s1. The molecule has 1 amide bonds. The number of piperazine rings is 1. The molecule has 6 heteroatoms. The molecule has 4 rings (SSSR count). The van der Waals surface area contributed by atoms with E-state index < -0.39 is 0 Å². The minimum absolute atomic E-state index is 0.0142. The lowest BCUT2D eigenvalue weighted by Gasteiger charge is -2.31. The molecule has 0 aliphatic carbocycles. The summed E-state index contributed by atoms with van der Waals surface area (Å²) in [6.07, 6.45) is 2.07. The summed E-state index contributed by atoms with van der Waals surface area (Å²) < 4.78 is 5.30.